The van der Waals surface area contributed by atoms with Crippen LogP contribution < -0.4 is 17.2 Å². The Kier molecular flexibility index (Phi) is 16.2. The molecule has 4 rings (SSSR count). The number of rotatable bonds is 18. The zero-order valence-corrected chi connectivity index (χ0v) is 34.1. The maximum atomic E-state index is 13.3. The van der Waals surface area contributed by atoms with E-state index < -0.39 is 5.41 Å². The lowest BCUT2D eigenvalue weighted by atomic mass is 9.43. The molecule has 4 saturated carbocycles. The molecule has 0 heterocycles. The van der Waals surface area contributed by atoms with Gasteiger partial charge >= 0.3 is 23.9 Å². The van der Waals surface area contributed by atoms with Gasteiger partial charge in [0.05, 0.1) is 19.3 Å². The molecule has 0 spiro atoms. The molecule has 0 radical (unpaired) electrons. The fourth-order valence-electron chi connectivity index (χ4n) is 11.1. The van der Waals surface area contributed by atoms with Crippen molar-refractivity contribution in [3.8, 4) is 0 Å². The van der Waals surface area contributed by atoms with E-state index in [1.54, 1.807) is 0 Å². The number of fused-ring (bicyclic) bond motifs is 5. The molecule has 11 heteroatoms. The third kappa shape index (κ3) is 10.5. The van der Waals surface area contributed by atoms with Crippen molar-refractivity contribution in [3.05, 3.63) is 23.3 Å². The van der Waals surface area contributed by atoms with Gasteiger partial charge in [0.15, 0.2) is 0 Å². The predicted octanol–water partition coefficient (Wildman–Crippen LogP) is 6.30. The fraction of sp³-hybridized carbons (Fsp3) is 0.814. The lowest BCUT2D eigenvalue weighted by Gasteiger charge is -2.64. The Morgan fingerprint density at radius 3 is 2.04 bits per heavy atom. The molecule has 0 unspecified atom stereocenters. The largest absolute Gasteiger partial charge is 0.462 e. The minimum Gasteiger partial charge on any atom is -0.462 e. The first kappa shape index (κ1) is 44.0. The molecule has 0 aromatic heterocycles. The van der Waals surface area contributed by atoms with Crippen molar-refractivity contribution >= 4 is 23.9 Å². The second-order valence-corrected chi connectivity index (χ2v) is 17.6. The van der Waals surface area contributed by atoms with Crippen molar-refractivity contribution in [2.75, 3.05) is 26.2 Å². The summed E-state index contributed by atoms with van der Waals surface area (Å²) in [7, 11) is 0. The van der Waals surface area contributed by atoms with Gasteiger partial charge in [-0.15, -0.1) is 0 Å². The Labute approximate surface area is 324 Å². The van der Waals surface area contributed by atoms with E-state index in [1.807, 2.05) is 6.08 Å². The standard InChI is InChI=1S/C43H71N3O8/c1-27(2)8-7-9-28(3)18-23-51-37(47)13-10-29(4)32-11-12-33-41-34(26-36(43(32,33)6)54-40(50)17-22-46)42(5)19-14-31(52-38(48)15-20-44)24-30(42)25-35(41)53-39(49)16-21-45/h8,18,29-36,41H,7,9-17,19-26,44-46H2,1-6H3/b28-18+/t29-,30+,31-,32-,33+,34+,35-,36+,41+,42+,43-/m1/s1. The van der Waals surface area contributed by atoms with Crippen LogP contribution in [0.15, 0.2) is 23.3 Å². The summed E-state index contributed by atoms with van der Waals surface area (Å²) < 4.78 is 24.4. The maximum absolute atomic E-state index is 13.3. The van der Waals surface area contributed by atoms with E-state index in [9.17, 15) is 19.2 Å². The summed E-state index contributed by atoms with van der Waals surface area (Å²) in [6.07, 6.45) is 12.3. The Morgan fingerprint density at radius 1 is 0.741 bits per heavy atom. The third-order valence-electron chi connectivity index (χ3n) is 13.9. The minimum absolute atomic E-state index is 0.0766. The highest BCUT2D eigenvalue weighted by atomic mass is 16.6. The van der Waals surface area contributed by atoms with Gasteiger partial charge in [-0.05, 0) is 126 Å². The first-order valence-corrected chi connectivity index (χ1v) is 20.8. The van der Waals surface area contributed by atoms with Crippen LogP contribution in [0.5, 0.6) is 0 Å². The summed E-state index contributed by atoms with van der Waals surface area (Å²) in [6, 6.07) is 0. The lowest BCUT2D eigenvalue weighted by Crippen LogP contribution is -2.63. The highest BCUT2D eigenvalue weighted by molar-refractivity contribution is 5.71. The van der Waals surface area contributed by atoms with Crippen LogP contribution >= 0.6 is 0 Å². The smallest absolute Gasteiger partial charge is 0.307 e. The van der Waals surface area contributed by atoms with Gasteiger partial charge in [-0.2, -0.15) is 0 Å². The van der Waals surface area contributed by atoms with Crippen LogP contribution in [0.3, 0.4) is 0 Å². The molecule has 306 valence electrons. The molecule has 0 aliphatic heterocycles. The average Bonchev–Trinajstić information content (AvgIpc) is 3.46. The summed E-state index contributed by atoms with van der Waals surface area (Å²) in [5.74, 6) is -0.194. The second kappa shape index (κ2) is 19.9. The van der Waals surface area contributed by atoms with Gasteiger partial charge in [0.2, 0.25) is 0 Å². The lowest BCUT2D eigenvalue weighted by molar-refractivity contribution is -0.225. The number of hydrogen-bond acceptors (Lipinski definition) is 11. The molecular weight excluding hydrogens is 686 g/mol. The van der Waals surface area contributed by atoms with Gasteiger partial charge in [-0.1, -0.05) is 38.0 Å². The Balaban J connectivity index is 1.56. The normalized spacial score (nSPS) is 33.7. The minimum atomic E-state index is -0.392. The van der Waals surface area contributed by atoms with Crippen molar-refractivity contribution in [2.24, 2.45) is 63.5 Å². The predicted molar refractivity (Wildman–Crippen MR) is 208 cm³/mol. The fourth-order valence-corrected chi connectivity index (χ4v) is 11.1. The zero-order valence-electron chi connectivity index (χ0n) is 34.1. The Hall–Kier alpha value is -2.76. The van der Waals surface area contributed by atoms with E-state index in [0.29, 0.717) is 32.1 Å². The number of hydrogen-bond donors (Lipinski definition) is 3. The molecule has 4 aliphatic rings. The van der Waals surface area contributed by atoms with Gasteiger partial charge in [0.25, 0.3) is 0 Å². The number of esters is 4. The van der Waals surface area contributed by atoms with Crippen molar-refractivity contribution in [1.29, 1.82) is 0 Å². The van der Waals surface area contributed by atoms with E-state index in [4.69, 9.17) is 36.1 Å². The molecule has 11 atom stereocenters. The monoisotopic (exact) mass is 758 g/mol. The van der Waals surface area contributed by atoms with Gasteiger partial charge in [0, 0.05) is 37.4 Å². The van der Waals surface area contributed by atoms with E-state index in [0.717, 1.165) is 38.5 Å². The van der Waals surface area contributed by atoms with Crippen molar-refractivity contribution in [2.45, 2.75) is 150 Å². The van der Waals surface area contributed by atoms with Gasteiger partial charge in [-0.25, -0.2) is 0 Å². The number of allylic oxidation sites excluding steroid dienone is 3. The van der Waals surface area contributed by atoms with E-state index in [-0.39, 0.29) is 129 Å². The summed E-state index contributed by atoms with van der Waals surface area (Å²) in [6.45, 7) is 14.1. The van der Waals surface area contributed by atoms with E-state index >= 15 is 0 Å². The molecule has 0 saturated heterocycles. The highest BCUT2D eigenvalue weighted by Gasteiger charge is 2.67. The quantitative estimate of drug-likeness (QED) is 0.0811. The molecule has 54 heavy (non-hydrogen) atoms. The van der Waals surface area contributed by atoms with Crippen LogP contribution in [-0.4, -0.2) is 68.4 Å². The first-order chi connectivity index (χ1) is 25.7. The summed E-state index contributed by atoms with van der Waals surface area (Å²) >= 11 is 0. The molecule has 6 N–H and O–H groups in total. The SMILES string of the molecule is CC(C)=CCC/C(C)=C/COC(=O)CC[C@@H](C)[C@H]1CC[C@H]2[C@@H]3[C@H](OC(=O)CCN)C[C@@H]4C[C@H](OC(=O)CCN)CC[C@]4(C)[C@H]3C[C@H](OC(=O)CCN)[C@]12C. The zero-order chi connectivity index (χ0) is 39.6. The topological polar surface area (TPSA) is 183 Å². The molecule has 4 fully saturated rings. The van der Waals surface area contributed by atoms with E-state index in [1.165, 1.54) is 11.1 Å². The molecule has 0 aromatic rings. The molecule has 0 bridgehead atoms. The Morgan fingerprint density at radius 2 is 1.39 bits per heavy atom. The summed E-state index contributed by atoms with van der Waals surface area (Å²) in [5.41, 5.74) is 19.2. The van der Waals surface area contributed by atoms with Crippen LogP contribution in [0.25, 0.3) is 0 Å². The second-order valence-electron chi connectivity index (χ2n) is 17.6. The number of carbonyl (C=O) groups is 4. The van der Waals surface area contributed by atoms with E-state index in [2.05, 4.69) is 47.6 Å². The number of ether oxygens (including phenoxy) is 4. The number of carbonyl (C=O) groups excluding carboxylic acids is 4. The molecule has 4 aliphatic carbocycles. The summed E-state index contributed by atoms with van der Waals surface area (Å²) in [4.78, 5) is 51.8. The van der Waals surface area contributed by atoms with Crippen LogP contribution in [-0.2, 0) is 38.1 Å². The molecular formula is C43H71N3O8. The van der Waals surface area contributed by atoms with Gasteiger partial charge < -0.3 is 36.1 Å². The molecule has 0 aromatic carbocycles. The highest BCUT2D eigenvalue weighted by Crippen LogP contribution is 2.69. The van der Waals surface area contributed by atoms with Crippen LogP contribution in [0, 0.1) is 46.3 Å². The van der Waals surface area contributed by atoms with Crippen molar-refractivity contribution in [1.82, 2.24) is 0 Å². The third-order valence-corrected chi connectivity index (χ3v) is 13.9. The van der Waals surface area contributed by atoms with Crippen LogP contribution in [0.1, 0.15) is 131 Å². The summed E-state index contributed by atoms with van der Waals surface area (Å²) in [5, 5.41) is 0. The number of nitrogens with two attached hydrogens (primary N) is 3. The first-order valence-electron chi connectivity index (χ1n) is 20.8. The van der Waals surface area contributed by atoms with Crippen LogP contribution in [0.2, 0.25) is 0 Å². The van der Waals surface area contributed by atoms with Crippen LogP contribution in [0.4, 0.5) is 0 Å². The van der Waals surface area contributed by atoms with Gasteiger partial charge in [0.1, 0.15) is 24.9 Å². The average molecular weight is 758 g/mol. The van der Waals surface area contributed by atoms with Crippen molar-refractivity contribution < 1.29 is 38.1 Å². The molecule has 0 amide bonds. The van der Waals surface area contributed by atoms with Gasteiger partial charge in [-0.3, -0.25) is 19.2 Å². The van der Waals surface area contributed by atoms with Crippen molar-refractivity contribution in [3.63, 3.8) is 0 Å². The molecule has 11 nitrogen and oxygen atoms in total. The maximum Gasteiger partial charge on any atom is 0.307 e. The Bertz CT molecular complexity index is 1360.